The number of hydrogen-bond donors (Lipinski definition) is 0. The van der Waals surface area contributed by atoms with Crippen molar-refractivity contribution in [1.29, 1.82) is 0 Å². The molecule has 208 valence electrons. The number of quaternary nitrogens is 1. The van der Waals surface area contributed by atoms with Crippen molar-refractivity contribution in [1.82, 2.24) is 0 Å². The molecule has 0 aliphatic rings. The van der Waals surface area contributed by atoms with Crippen molar-refractivity contribution in [3.05, 3.63) is 12.2 Å². The number of unbranched alkanes of at least 4 members (excludes halogenated alkanes) is 18. The van der Waals surface area contributed by atoms with Gasteiger partial charge in [-0.15, -0.1) is 0 Å². The van der Waals surface area contributed by atoms with E-state index in [0.29, 0.717) is 4.48 Å². The minimum atomic E-state index is -2.42. The molecule has 0 aromatic carbocycles. The van der Waals surface area contributed by atoms with Crippen LogP contribution >= 0.6 is 8.03 Å². The maximum absolute atomic E-state index is 12.1. The lowest BCUT2D eigenvalue weighted by Crippen LogP contribution is -2.55. The molecule has 0 aliphatic heterocycles. The van der Waals surface area contributed by atoms with Gasteiger partial charge < -0.3 is 4.89 Å². The summed E-state index contributed by atoms with van der Waals surface area (Å²) >= 11 is 0. The van der Waals surface area contributed by atoms with Gasteiger partial charge >= 0.3 is 8.03 Å². The predicted octanol–water partition coefficient (Wildman–Crippen LogP) is 10.1. The fraction of sp³-hybridized carbons (Fsp3) is 0.935. The Kier molecular flexibility index (Phi) is 22.8. The van der Waals surface area contributed by atoms with E-state index in [9.17, 15) is 9.46 Å². The van der Waals surface area contributed by atoms with Gasteiger partial charge in [0.15, 0.2) is 0 Å². The third kappa shape index (κ3) is 17.8. The molecule has 0 saturated heterocycles. The van der Waals surface area contributed by atoms with E-state index in [1.165, 1.54) is 122 Å². The number of rotatable bonds is 26. The van der Waals surface area contributed by atoms with Crippen LogP contribution < -0.4 is 4.89 Å². The highest BCUT2D eigenvalue weighted by atomic mass is 31.1. The van der Waals surface area contributed by atoms with E-state index in [1.807, 2.05) is 21.1 Å². The van der Waals surface area contributed by atoms with Crippen LogP contribution in [-0.2, 0) is 4.57 Å². The topological polar surface area (TPSA) is 40.1 Å². The lowest BCUT2D eigenvalue weighted by atomic mass is 9.99. The van der Waals surface area contributed by atoms with Gasteiger partial charge in [-0.1, -0.05) is 127 Å². The molecule has 0 bridgehead atoms. The van der Waals surface area contributed by atoms with Gasteiger partial charge in [-0.3, -0.25) is 4.48 Å². The number of hydrogen-bond acceptors (Lipinski definition) is 2. The molecule has 3 nitrogen and oxygen atoms in total. The summed E-state index contributed by atoms with van der Waals surface area (Å²) < 4.78 is 12.6. The van der Waals surface area contributed by atoms with Gasteiger partial charge in [-0.05, 0) is 38.5 Å². The molecule has 0 aliphatic carbocycles. The first kappa shape index (κ1) is 34.8. The zero-order valence-corrected chi connectivity index (χ0v) is 25.5. The Bertz CT molecular complexity index is 515. The first-order chi connectivity index (χ1) is 16.8. The largest absolute Gasteiger partial charge is 0.590 e. The minimum absolute atomic E-state index is 0.524. The lowest BCUT2D eigenvalue weighted by Gasteiger charge is -2.39. The van der Waals surface area contributed by atoms with E-state index in [1.54, 1.807) is 0 Å². The highest BCUT2D eigenvalue weighted by Gasteiger charge is 2.53. The molecule has 0 amide bonds. The fourth-order valence-electron chi connectivity index (χ4n) is 5.34. The zero-order valence-electron chi connectivity index (χ0n) is 24.6. The average molecular weight is 513 g/mol. The summed E-state index contributed by atoms with van der Waals surface area (Å²) in [5.41, 5.74) is 0. The standard InChI is InChI=1S/C31H63NO2P/c1-6-8-9-10-11-12-13-14-15-16-17-18-19-20-21-22-23-24-25-26-27-28-30-31(29-7-2,35(33)34)32(3,4)5/h13-14H,6-12,15-30H2,1-5H3/q+1/b14-13-. The van der Waals surface area contributed by atoms with E-state index in [-0.39, 0.29) is 0 Å². The van der Waals surface area contributed by atoms with Crippen LogP contribution in [0.25, 0.3) is 0 Å². The molecule has 0 rings (SSSR count). The summed E-state index contributed by atoms with van der Waals surface area (Å²) in [4.78, 5) is 12.1. The van der Waals surface area contributed by atoms with Crippen molar-refractivity contribution in [3.63, 3.8) is 0 Å². The maximum atomic E-state index is 12.1. The Morgan fingerprint density at radius 3 is 1.29 bits per heavy atom. The van der Waals surface area contributed by atoms with E-state index in [2.05, 4.69) is 26.0 Å². The summed E-state index contributed by atoms with van der Waals surface area (Å²) in [5.74, 6) is 0. The second-order valence-corrected chi connectivity index (χ2v) is 13.2. The Morgan fingerprint density at radius 1 is 0.571 bits per heavy atom. The summed E-state index contributed by atoms with van der Waals surface area (Å²) in [6, 6.07) is 0. The van der Waals surface area contributed by atoms with E-state index < -0.39 is 13.3 Å². The second-order valence-electron chi connectivity index (χ2n) is 11.8. The van der Waals surface area contributed by atoms with Gasteiger partial charge in [-0.25, -0.2) is 0 Å². The Labute approximate surface area is 222 Å². The number of nitrogens with zero attached hydrogens (tertiary/aromatic N) is 1. The zero-order chi connectivity index (χ0) is 26.3. The Balaban J connectivity index is 3.52. The molecule has 0 spiro atoms. The molecule has 4 heteroatoms. The van der Waals surface area contributed by atoms with E-state index >= 15 is 0 Å². The molecule has 0 aromatic heterocycles. The van der Waals surface area contributed by atoms with Gasteiger partial charge in [0.05, 0.1) is 21.1 Å². The third-order valence-electron chi connectivity index (χ3n) is 7.83. The van der Waals surface area contributed by atoms with E-state index in [0.717, 1.165) is 25.7 Å². The van der Waals surface area contributed by atoms with E-state index in [4.69, 9.17) is 0 Å². The molecular formula is C31H63NO2P+. The molecule has 35 heavy (non-hydrogen) atoms. The van der Waals surface area contributed by atoms with Crippen molar-refractivity contribution in [2.24, 2.45) is 0 Å². The highest BCUT2D eigenvalue weighted by Crippen LogP contribution is 2.45. The first-order valence-electron chi connectivity index (χ1n) is 15.4. The van der Waals surface area contributed by atoms with Crippen molar-refractivity contribution in [3.8, 4) is 0 Å². The van der Waals surface area contributed by atoms with Gasteiger partial charge in [0.2, 0.25) is 0 Å². The summed E-state index contributed by atoms with van der Waals surface area (Å²) in [6.07, 6.45) is 34.1. The molecule has 0 heterocycles. The molecule has 0 radical (unpaired) electrons. The Hall–Kier alpha value is -0.240. The minimum Gasteiger partial charge on any atom is -0.590 e. The maximum Gasteiger partial charge on any atom is 0.376 e. The second kappa shape index (κ2) is 22.9. The monoisotopic (exact) mass is 512 g/mol. The van der Waals surface area contributed by atoms with Crippen molar-refractivity contribution in [2.45, 2.75) is 167 Å². The summed E-state index contributed by atoms with van der Waals surface area (Å²) in [5, 5.41) is -0.589. The van der Waals surface area contributed by atoms with Crippen LogP contribution in [0.3, 0.4) is 0 Å². The van der Waals surface area contributed by atoms with Crippen LogP contribution in [0.2, 0.25) is 0 Å². The summed E-state index contributed by atoms with van der Waals surface area (Å²) in [7, 11) is 3.69. The van der Waals surface area contributed by atoms with Crippen molar-refractivity contribution < 1.29 is 13.9 Å². The van der Waals surface area contributed by atoms with Crippen LogP contribution in [0, 0.1) is 0 Å². The molecule has 2 unspecified atom stereocenters. The summed E-state index contributed by atoms with van der Waals surface area (Å²) in [6.45, 7) is 4.38. The molecular weight excluding hydrogens is 449 g/mol. The highest BCUT2D eigenvalue weighted by molar-refractivity contribution is 7.38. The van der Waals surface area contributed by atoms with Crippen LogP contribution in [0.4, 0.5) is 0 Å². The van der Waals surface area contributed by atoms with Crippen LogP contribution in [0.15, 0.2) is 12.2 Å². The van der Waals surface area contributed by atoms with Gasteiger partial charge in [0, 0.05) is 12.8 Å². The Morgan fingerprint density at radius 2 is 0.943 bits per heavy atom. The van der Waals surface area contributed by atoms with Crippen LogP contribution in [0.1, 0.15) is 162 Å². The first-order valence-corrected chi connectivity index (χ1v) is 16.6. The molecule has 0 fully saturated rings. The van der Waals surface area contributed by atoms with Crippen molar-refractivity contribution in [2.75, 3.05) is 21.1 Å². The SMILES string of the molecule is CCCCCCC/C=C\CCCCCCCCCCCCCCCC(CCC)([P+](=O)[O-])[N+](C)(C)C. The predicted molar refractivity (Wildman–Crippen MR) is 155 cm³/mol. The lowest BCUT2D eigenvalue weighted by molar-refractivity contribution is -0.910. The van der Waals surface area contributed by atoms with Crippen molar-refractivity contribution >= 4 is 8.03 Å². The van der Waals surface area contributed by atoms with Crippen LogP contribution in [-0.4, -0.2) is 30.9 Å². The molecule has 0 aromatic rings. The smallest absolute Gasteiger partial charge is 0.376 e. The van der Waals surface area contributed by atoms with Crippen LogP contribution in [0.5, 0.6) is 0 Å². The third-order valence-corrected chi connectivity index (χ3v) is 9.55. The fourth-order valence-corrected chi connectivity index (χ4v) is 6.58. The molecule has 0 N–H and O–H groups in total. The van der Waals surface area contributed by atoms with Gasteiger partial charge in [0.1, 0.15) is 0 Å². The molecule has 0 saturated carbocycles. The normalized spacial score (nSPS) is 14.5. The van der Waals surface area contributed by atoms with Gasteiger partial charge in [-0.2, -0.15) is 0 Å². The quantitative estimate of drug-likeness (QED) is 0.0500. The average Bonchev–Trinajstić information content (AvgIpc) is 2.80. The number of allylic oxidation sites excluding steroid dienone is 2. The van der Waals surface area contributed by atoms with Gasteiger partial charge in [0.25, 0.3) is 5.28 Å². The molecule has 2 atom stereocenters.